The molecule has 2 atom stereocenters. The van der Waals surface area contributed by atoms with Gasteiger partial charge in [-0.3, -0.25) is 0 Å². The standard InChI is InChI=1S/C22H25BrFNO3/c1-2-20(16-4-8-18(23)9-5-16)25-14-13-22(12-3-15-26,28-21(25)27)17-6-10-19(24)11-7-17/h4-11,20,26H,2-3,12-15H2,1H3/t20-,22+/m0/s1. The molecule has 1 aliphatic heterocycles. The SMILES string of the molecule is CC[C@@H](c1ccc(Br)cc1)N1CC[C@](CCCO)(c2ccc(F)cc2)OC1=O. The lowest BCUT2D eigenvalue weighted by molar-refractivity contribution is -0.0697. The van der Waals surface area contributed by atoms with Crippen LogP contribution in [0.4, 0.5) is 9.18 Å². The van der Waals surface area contributed by atoms with Gasteiger partial charge in [0.15, 0.2) is 0 Å². The molecule has 2 aromatic rings. The van der Waals surface area contributed by atoms with E-state index in [0.29, 0.717) is 25.8 Å². The minimum Gasteiger partial charge on any atom is -0.438 e. The lowest BCUT2D eigenvalue weighted by Crippen LogP contribution is -2.49. The van der Waals surface area contributed by atoms with E-state index in [2.05, 4.69) is 15.9 Å². The van der Waals surface area contributed by atoms with Crippen molar-refractivity contribution >= 4 is 22.0 Å². The molecule has 0 aliphatic carbocycles. The molecule has 28 heavy (non-hydrogen) atoms. The van der Waals surface area contributed by atoms with Crippen LogP contribution in [0.3, 0.4) is 0 Å². The largest absolute Gasteiger partial charge is 0.438 e. The predicted octanol–water partition coefficient (Wildman–Crippen LogP) is 5.55. The Kier molecular flexibility index (Phi) is 6.73. The summed E-state index contributed by atoms with van der Waals surface area (Å²) in [7, 11) is 0. The summed E-state index contributed by atoms with van der Waals surface area (Å²) in [6.07, 6.45) is 2.01. The van der Waals surface area contributed by atoms with E-state index in [9.17, 15) is 14.3 Å². The Bertz CT molecular complexity index is 796. The zero-order valence-corrected chi connectivity index (χ0v) is 17.5. The Morgan fingerprint density at radius 2 is 1.89 bits per heavy atom. The van der Waals surface area contributed by atoms with Gasteiger partial charge in [0.05, 0.1) is 6.04 Å². The molecule has 0 aromatic heterocycles. The van der Waals surface area contributed by atoms with Gasteiger partial charge in [0.25, 0.3) is 0 Å². The number of carbonyl (C=O) groups is 1. The Balaban J connectivity index is 1.85. The second kappa shape index (κ2) is 9.05. The number of benzene rings is 2. The van der Waals surface area contributed by atoms with Crippen LogP contribution in [0.25, 0.3) is 0 Å². The van der Waals surface area contributed by atoms with Crippen LogP contribution in [0.2, 0.25) is 0 Å². The third-order valence-electron chi connectivity index (χ3n) is 5.40. The maximum atomic E-state index is 13.4. The average molecular weight is 450 g/mol. The highest BCUT2D eigenvalue weighted by Crippen LogP contribution is 2.41. The molecule has 4 nitrogen and oxygen atoms in total. The number of halogens is 2. The molecule has 6 heteroatoms. The number of hydrogen-bond donors (Lipinski definition) is 1. The molecule has 0 spiro atoms. The first-order chi connectivity index (χ1) is 13.5. The number of carbonyl (C=O) groups excluding carboxylic acids is 1. The lowest BCUT2D eigenvalue weighted by Gasteiger charge is -2.44. The summed E-state index contributed by atoms with van der Waals surface area (Å²) in [4.78, 5) is 14.8. The van der Waals surface area contributed by atoms with Gasteiger partial charge in [0.1, 0.15) is 11.4 Å². The highest BCUT2D eigenvalue weighted by Gasteiger charge is 2.43. The van der Waals surface area contributed by atoms with E-state index in [-0.39, 0.29) is 24.6 Å². The van der Waals surface area contributed by atoms with E-state index in [1.165, 1.54) is 12.1 Å². The molecule has 0 bridgehead atoms. The van der Waals surface area contributed by atoms with Crippen molar-refractivity contribution in [1.82, 2.24) is 4.90 Å². The van der Waals surface area contributed by atoms with Gasteiger partial charge in [-0.15, -0.1) is 0 Å². The minimum atomic E-state index is -0.831. The topological polar surface area (TPSA) is 49.8 Å². The first-order valence-corrected chi connectivity index (χ1v) is 10.4. The normalized spacial score (nSPS) is 20.7. The number of cyclic esters (lactones) is 1. The molecular formula is C22H25BrFNO3. The van der Waals surface area contributed by atoms with E-state index in [4.69, 9.17) is 4.74 Å². The van der Waals surface area contributed by atoms with Crippen molar-refractivity contribution < 1.29 is 19.0 Å². The molecule has 1 heterocycles. The molecule has 0 saturated carbocycles. The molecule has 2 aromatic carbocycles. The van der Waals surface area contributed by atoms with E-state index < -0.39 is 5.60 Å². The predicted molar refractivity (Wildman–Crippen MR) is 109 cm³/mol. The number of hydrogen-bond acceptors (Lipinski definition) is 3. The maximum Gasteiger partial charge on any atom is 0.411 e. The number of aliphatic hydroxyl groups is 1. The van der Waals surface area contributed by atoms with Crippen LogP contribution in [0.1, 0.15) is 49.8 Å². The third-order valence-corrected chi connectivity index (χ3v) is 5.93. The average Bonchev–Trinajstić information content (AvgIpc) is 2.70. The van der Waals surface area contributed by atoms with E-state index in [0.717, 1.165) is 22.0 Å². The van der Waals surface area contributed by atoms with E-state index in [1.807, 2.05) is 31.2 Å². The maximum absolute atomic E-state index is 13.4. The molecule has 1 aliphatic rings. The van der Waals surface area contributed by atoms with Gasteiger partial charge in [0, 0.05) is 24.0 Å². The number of nitrogens with zero attached hydrogens (tertiary/aromatic N) is 1. The van der Waals surface area contributed by atoms with Gasteiger partial charge in [0.2, 0.25) is 0 Å². The summed E-state index contributed by atoms with van der Waals surface area (Å²) in [5.74, 6) is -0.328. The molecule has 1 N–H and O–H groups in total. The van der Waals surface area contributed by atoms with Crippen LogP contribution < -0.4 is 0 Å². The Morgan fingerprint density at radius 3 is 2.46 bits per heavy atom. The zero-order chi connectivity index (χ0) is 20.1. The van der Waals surface area contributed by atoms with Crippen LogP contribution in [0.15, 0.2) is 53.0 Å². The first-order valence-electron chi connectivity index (χ1n) is 9.61. The summed E-state index contributed by atoms with van der Waals surface area (Å²) in [6, 6.07) is 14.0. The van der Waals surface area contributed by atoms with Gasteiger partial charge in [-0.05, 0) is 54.7 Å². The molecule has 3 rings (SSSR count). The van der Waals surface area contributed by atoms with Crippen molar-refractivity contribution in [3.05, 3.63) is 69.9 Å². The van der Waals surface area contributed by atoms with Crippen LogP contribution in [0.5, 0.6) is 0 Å². The quantitative estimate of drug-likeness (QED) is 0.602. The Hall–Kier alpha value is -1.92. The smallest absolute Gasteiger partial charge is 0.411 e. The Labute approximate surface area is 173 Å². The number of rotatable bonds is 7. The monoisotopic (exact) mass is 449 g/mol. The number of aliphatic hydroxyl groups excluding tert-OH is 1. The van der Waals surface area contributed by atoms with Crippen molar-refractivity contribution in [2.75, 3.05) is 13.2 Å². The van der Waals surface area contributed by atoms with Crippen LogP contribution in [-0.2, 0) is 10.3 Å². The molecule has 0 unspecified atom stereocenters. The fraction of sp³-hybridized carbons (Fsp3) is 0.409. The molecule has 0 radical (unpaired) electrons. The zero-order valence-electron chi connectivity index (χ0n) is 15.9. The minimum absolute atomic E-state index is 0.0146. The molecule has 1 saturated heterocycles. The summed E-state index contributed by atoms with van der Waals surface area (Å²) in [5, 5.41) is 9.30. The molecule has 1 fully saturated rings. The fourth-order valence-corrected chi connectivity index (χ4v) is 4.18. The van der Waals surface area contributed by atoms with Gasteiger partial charge >= 0.3 is 6.09 Å². The highest BCUT2D eigenvalue weighted by molar-refractivity contribution is 9.10. The van der Waals surface area contributed by atoms with Crippen molar-refractivity contribution in [3.63, 3.8) is 0 Å². The highest BCUT2D eigenvalue weighted by atomic mass is 79.9. The fourth-order valence-electron chi connectivity index (χ4n) is 3.92. The lowest BCUT2D eigenvalue weighted by atomic mass is 9.84. The Morgan fingerprint density at radius 1 is 1.21 bits per heavy atom. The first kappa shape index (κ1) is 20.8. The van der Waals surface area contributed by atoms with Crippen LogP contribution in [0, 0.1) is 5.82 Å². The summed E-state index contributed by atoms with van der Waals surface area (Å²) < 4.78 is 20.4. The van der Waals surface area contributed by atoms with Gasteiger partial charge in [-0.2, -0.15) is 0 Å². The van der Waals surface area contributed by atoms with Crippen LogP contribution >= 0.6 is 15.9 Å². The summed E-state index contributed by atoms with van der Waals surface area (Å²) >= 11 is 3.44. The number of ether oxygens (including phenoxy) is 1. The van der Waals surface area contributed by atoms with E-state index in [1.54, 1.807) is 17.0 Å². The summed E-state index contributed by atoms with van der Waals surface area (Å²) in [5.41, 5.74) is 1.00. The van der Waals surface area contributed by atoms with E-state index >= 15 is 0 Å². The van der Waals surface area contributed by atoms with Gasteiger partial charge < -0.3 is 14.7 Å². The second-order valence-corrected chi connectivity index (χ2v) is 8.03. The molecule has 150 valence electrons. The molecule has 1 amide bonds. The van der Waals surface area contributed by atoms with Crippen molar-refractivity contribution in [2.45, 2.75) is 44.2 Å². The number of amides is 1. The second-order valence-electron chi connectivity index (χ2n) is 7.12. The molecular weight excluding hydrogens is 425 g/mol. The van der Waals surface area contributed by atoms with Gasteiger partial charge in [-0.25, -0.2) is 9.18 Å². The van der Waals surface area contributed by atoms with Crippen molar-refractivity contribution in [3.8, 4) is 0 Å². The third kappa shape index (κ3) is 4.39. The van der Waals surface area contributed by atoms with Crippen LogP contribution in [-0.4, -0.2) is 29.3 Å². The van der Waals surface area contributed by atoms with Gasteiger partial charge in [-0.1, -0.05) is 47.1 Å². The summed E-state index contributed by atoms with van der Waals surface area (Å²) in [6.45, 7) is 2.60. The van der Waals surface area contributed by atoms with Crippen molar-refractivity contribution in [1.29, 1.82) is 0 Å². The van der Waals surface area contributed by atoms with Crippen molar-refractivity contribution in [2.24, 2.45) is 0 Å².